The van der Waals surface area contributed by atoms with Crippen molar-refractivity contribution >= 4 is 143 Å². The van der Waals surface area contributed by atoms with E-state index in [1.165, 1.54) is 176 Å². The van der Waals surface area contributed by atoms with Gasteiger partial charge < -0.3 is 30.2 Å². The third-order valence-electron chi connectivity index (χ3n) is 18.4. The van der Waals surface area contributed by atoms with E-state index in [9.17, 15) is 28.8 Å². The number of carbonyl (C=O) groups excluding carboxylic acids is 6. The van der Waals surface area contributed by atoms with Crippen molar-refractivity contribution in [2.45, 2.75) is 342 Å². The lowest BCUT2D eigenvalue weighted by Gasteiger charge is -2.34. The molecule has 96 heavy (non-hydrogen) atoms. The van der Waals surface area contributed by atoms with Gasteiger partial charge in [-0.2, -0.15) is 0 Å². The summed E-state index contributed by atoms with van der Waals surface area (Å²) < 4.78 is 0. The first-order valence-corrected chi connectivity index (χ1v) is 48.3. The zero-order chi connectivity index (χ0) is 65.4. The molecule has 8 fully saturated rings. The number of nitrogens with one attached hydrogen (secondary N) is 2. The smallest absolute Gasteiger partial charge is 0.222 e. The average molecular weight is 1540 g/mol. The van der Waals surface area contributed by atoms with Crippen molar-refractivity contribution < 1.29 is 28.8 Å². The quantitative estimate of drug-likeness (QED) is 0.0466. The molecule has 0 saturated carbocycles. The van der Waals surface area contributed by atoms with E-state index < -0.39 is 0 Å². The van der Waals surface area contributed by atoms with E-state index >= 15 is 0 Å². The van der Waals surface area contributed by atoms with Gasteiger partial charge in [-0.05, 0) is 154 Å². The number of nitrogens with zero attached hydrogens (tertiary/aromatic N) is 4. The van der Waals surface area contributed by atoms with Crippen molar-refractivity contribution in [2.24, 2.45) is 5.92 Å². The first-order valence-electron chi connectivity index (χ1n) is 36.4. The molecule has 8 rings (SSSR count). The molecule has 568 valence electrons. The lowest BCUT2D eigenvalue weighted by molar-refractivity contribution is -0.138. The fourth-order valence-corrected chi connectivity index (χ4v) is 27.2. The standard InChI is InChI=1S/C15H29NOS2.C14H24N2O2S2.C14H25NOS2.C13H23NOS2.C13H25NOS2.5CH4/c1-2-3-4-5-8-12-16-15(17)10-7-6-9-14-11-13-18-19-14;1-12(17)15-7-9-16(10-8-15)14(18)5-3-2-4-13-6-11-19-20-13;1-12-6-9-15(10-7-12)14(16)5-3-2-4-13-8-11-17-18-13;15-13(14-9-4-1-5-10-14)7-3-2-6-12-8-11-16-17-12;1-3-11(4-2)14-13(15)8-6-5-7-12-9-10-16-17-12;;;;;/h14H,2-13H2,1H3,(H,16,17);13H,2-11H2,1H3;12-13H,2-11H2,1H3;12H,1-11H2;11-12H,3-10H2,1-2H3,(H,14,15);5*1H4/t14-;2*13-;2*12-;;;;;/m11111...../s1. The maximum Gasteiger partial charge on any atom is 0.222 e. The Kier molecular flexibility index (Phi) is 66.5. The van der Waals surface area contributed by atoms with Crippen LogP contribution in [0.1, 0.15) is 309 Å². The maximum absolute atomic E-state index is 12.1. The predicted molar refractivity (Wildman–Crippen MR) is 447 cm³/mol. The summed E-state index contributed by atoms with van der Waals surface area (Å²) in [7, 11) is 20.2. The van der Waals surface area contributed by atoms with E-state index in [4.69, 9.17) is 0 Å². The Hall–Kier alpha value is 0.320. The zero-order valence-electron chi connectivity index (χ0n) is 57.4. The largest absolute Gasteiger partial charge is 0.356 e. The molecule has 12 nitrogen and oxygen atoms in total. The average Bonchev–Trinajstić information content (AvgIpc) is 1.57. The number of piperidine rings is 2. The number of likely N-dealkylation sites (tertiary alicyclic amines) is 2. The van der Waals surface area contributed by atoms with Crippen LogP contribution in [0.4, 0.5) is 0 Å². The highest BCUT2D eigenvalue weighted by Gasteiger charge is 2.25. The van der Waals surface area contributed by atoms with Gasteiger partial charge in [0, 0.05) is 159 Å². The number of carbonyl (C=O) groups is 6. The normalized spacial score (nSPS) is 21.3. The second kappa shape index (κ2) is 64.9. The van der Waals surface area contributed by atoms with Crippen molar-refractivity contribution in [1.29, 1.82) is 0 Å². The van der Waals surface area contributed by atoms with E-state index in [-0.39, 0.29) is 60.8 Å². The Morgan fingerprint density at radius 1 is 0.375 bits per heavy atom. The SMILES string of the molecule is C.C.C.C.C.CC(=O)N1CCN(C(=O)CCCC[C@@H]2CCSS2)CC1.CC1CCN(C(=O)CCCC[C@@H]2CCSS2)CC1.CCC(CC)NC(=O)CCCC[C@@H]1CCSS1.CCCCCCCNC(=O)CCCC[C@@H]1CCSS1.O=C(CCCC[C@@H]1CCSS1)N1CCCCC1. The van der Waals surface area contributed by atoms with Crippen LogP contribution < -0.4 is 10.6 Å². The van der Waals surface area contributed by atoms with Crippen LogP contribution in [-0.4, -0.2) is 175 Å². The minimum atomic E-state index is 0. The van der Waals surface area contributed by atoms with Gasteiger partial charge >= 0.3 is 0 Å². The zero-order valence-corrected chi connectivity index (χ0v) is 65.6. The minimum Gasteiger partial charge on any atom is -0.356 e. The first kappa shape index (κ1) is 98.4. The maximum atomic E-state index is 12.1. The van der Waals surface area contributed by atoms with Gasteiger partial charge in [0.2, 0.25) is 35.4 Å². The second-order valence-electron chi connectivity index (χ2n) is 26.1. The number of amides is 6. The summed E-state index contributed by atoms with van der Waals surface area (Å²) in [5.41, 5.74) is 0. The minimum absolute atomic E-state index is 0. The molecule has 5 atom stereocenters. The van der Waals surface area contributed by atoms with E-state index in [2.05, 4.69) is 69.7 Å². The molecule has 0 radical (unpaired) electrons. The molecule has 0 unspecified atom stereocenters. The summed E-state index contributed by atoms with van der Waals surface area (Å²) in [6.45, 7) is 18.0. The summed E-state index contributed by atoms with van der Waals surface area (Å²) in [5, 5.41) is 10.4. The summed E-state index contributed by atoms with van der Waals surface area (Å²) in [5.74, 6) is 9.04. The summed E-state index contributed by atoms with van der Waals surface area (Å²) >= 11 is 0. The highest BCUT2D eigenvalue weighted by molar-refractivity contribution is 8.78. The fraction of sp³-hybridized carbons (Fsp3) is 0.919. The number of hydrogen-bond acceptors (Lipinski definition) is 16. The Bertz CT molecular complexity index is 1890. The molecule has 0 aliphatic carbocycles. The van der Waals surface area contributed by atoms with E-state index in [1.807, 2.05) is 96.2 Å². The van der Waals surface area contributed by atoms with Crippen LogP contribution in [0.15, 0.2) is 0 Å². The Morgan fingerprint density at radius 3 is 1.05 bits per heavy atom. The van der Waals surface area contributed by atoms with Crippen LogP contribution in [0.3, 0.4) is 0 Å². The molecule has 8 aliphatic heterocycles. The van der Waals surface area contributed by atoms with Crippen molar-refractivity contribution in [3.8, 4) is 0 Å². The number of piperazine rings is 1. The van der Waals surface area contributed by atoms with Crippen LogP contribution in [-0.2, 0) is 28.8 Å². The van der Waals surface area contributed by atoms with Crippen LogP contribution in [0.25, 0.3) is 0 Å². The van der Waals surface area contributed by atoms with Crippen molar-refractivity contribution in [1.82, 2.24) is 30.2 Å². The van der Waals surface area contributed by atoms with Crippen molar-refractivity contribution in [2.75, 3.05) is 87.7 Å². The van der Waals surface area contributed by atoms with Gasteiger partial charge in [-0.1, -0.05) is 231 Å². The molecule has 22 heteroatoms. The third kappa shape index (κ3) is 48.4. The van der Waals surface area contributed by atoms with Gasteiger partial charge in [0.15, 0.2) is 0 Å². The molecule has 0 spiro atoms. The highest BCUT2D eigenvalue weighted by atomic mass is 33.1. The van der Waals surface area contributed by atoms with E-state index in [0.29, 0.717) is 56.9 Å². The van der Waals surface area contributed by atoms with Crippen LogP contribution in [0, 0.1) is 5.92 Å². The van der Waals surface area contributed by atoms with Crippen LogP contribution in [0.5, 0.6) is 0 Å². The Balaban J connectivity index is 0. The lowest BCUT2D eigenvalue weighted by Crippen LogP contribution is -2.50. The fourth-order valence-electron chi connectivity index (χ4n) is 12.1. The molecular weight excluding hydrogens is 1390 g/mol. The van der Waals surface area contributed by atoms with E-state index in [1.54, 1.807) is 6.92 Å². The molecule has 2 N–H and O–H groups in total. The molecule has 8 aliphatic rings. The molecule has 0 aromatic heterocycles. The molecule has 0 bridgehead atoms. The Morgan fingerprint density at radius 2 is 0.708 bits per heavy atom. The van der Waals surface area contributed by atoms with Crippen molar-refractivity contribution in [3.63, 3.8) is 0 Å². The molecular formula is C74H146N6O6S10. The van der Waals surface area contributed by atoms with Gasteiger partial charge in [-0.25, -0.2) is 0 Å². The summed E-state index contributed by atoms with van der Waals surface area (Å²) in [4.78, 5) is 78.4. The van der Waals surface area contributed by atoms with Gasteiger partial charge in [-0.15, -0.1) is 0 Å². The van der Waals surface area contributed by atoms with Gasteiger partial charge in [0.05, 0.1) is 0 Å². The summed E-state index contributed by atoms with van der Waals surface area (Å²) in [6, 6.07) is 0.379. The number of rotatable bonds is 34. The molecule has 0 aromatic carbocycles. The van der Waals surface area contributed by atoms with Gasteiger partial charge in [-0.3, -0.25) is 28.8 Å². The number of hydrogen-bond donors (Lipinski definition) is 2. The van der Waals surface area contributed by atoms with Gasteiger partial charge in [0.1, 0.15) is 0 Å². The Labute approximate surface area is 632 Å². The molecule has 6 amide bonds. The molecule has 0 aromatic rings. The monoisotopic (exact) mass is 1530 g/mol. The first-order chi connectivity index (χ1) is 44.4. The summed E-state index contributed by atoms with van der Waals surface area (Å²) in [6.07, 6.45) is 42.7. The predicted octanol–water partition coefficient (Wildman–Crippen LogP) is 22.0. The lowest BCUT2D eigenvalue weighted by atomic mass is 9.99. The second-order valence-corrected chi connectivity index (χ2v) is 40.0. The highest BCUT2D eigenvalue weighted by Crippen LogP contribution is 2.43. The molecule has 8 heterocycles. The van der Waals surface area contributed by atoms with E-state index in [0.717, 1.165) is 142 Å². The van der Waals surface area contributed by atoms with Gasteiger partial charge in [0.25, 0.3) is 0 Å². The number of unbranched alkanes of at least 4 members (excludes halogenated alkanes) is 9. The topological polar surface area (TPSA) is 139 Å². The third-order valence-corrected chi connectivity index (χ3v) is 33.4. The molecule has 8 saturated heterocycles. The van der Waals surface area contributed by atoms with Crippen LogP contribution >= 0.6 is 108 Å². The van der Waals surface area contributed by atoms with Crippen molar-refractivity contribution in [3.05, 3.63) is 0 Å². The van der Waals surface area contributed by atoms with Crippen LogP contribution in [0.2, 0.25) is 0 Å².